The molecule has 0 spiro atoms. The van der Waals surface area contributed by atoms with Crippen molar-refractivity contribution in [2.45, 2.75) is 20.4 Å². The van der Waals surface area contributed by atoms with Crippen LogP contribution in [0, 0.1) is 23.7 Å². The number of fused-ring (bicyclic) bond motifs is 2. The van der Waals surface area contributed by atoms with E-state index >= 15 is 0 Å². The number of hydrogen-bond donors (Lipinski definition) is 0. The van der Waals surface area contributed by atoms with Crippen LogP contribution in [0.2, 0.25) is 0 Å². The van der Waals surface area contributed by atoms with Gasteiger partial charge in [0.1, 0.15) is 4.33 Å². The molecule has 0 aromatic carbocycles. The Labute approximate surface area is 98.6 Å². The molecule has 0 aromatic rings. The van der Waals surface area contributed by atoms with Gasteiger partial charge in [-0.1, -0.05) is 31.9 Å². The van der Waals surface area contributed by atoms with Gasteiger partial charge >= 0.3 is 0 Å². The summed E-state index contributed by atoms with van der Waals surface area (Å²) in [6.45, 7) is 0. The zero-order valence-corrected chi connectivity index (χ0v) is 10.9. The lowest BCUT2D eigenvalue weighted by molar-refractivity contribution is 0.457. The minimum Gasteiger partial charge on any atom is -0.101 e. The smallest absolute Gasteiger partial charge is 0.101 e. The molecular weight excluding hydrogens is 327 g/mol. The van der Waals surface area contributed by atoms with Crippen molar-refractivity contribution in [1.82, 2.24) is 0 Å². The van der Waals surface area contributed by atoms with Crippen LogP contribution in [0.5, 0.6) is 0 Å². The summed E-state index contributed by atoms with van der Waals surface area (Å²) in [5, 5.41) is 0. The Morgan fingerprint density at radius 1 is 0.917 bits per heavy atom. The van der Waals surface area contributed by atoms with E-state index in [2.05, 4.69) is 31.9 Å². The van der Waals surface area contributed by atoms with Gasteiger partial charge in [-0.15, -0.1) is 23.2 Å². The molecule has 0 amide bonds. The highest BCUT2D eigenvalue weighted by Gasteiger charge is 2.75. The van der Waals surface area contributed by atoms with E-state index in [1.807, 2.05) is 0 Å². The Morgan fingerprint density at radius 3 is 1.75 bits per heavy atom. The Hall–Kier alpha value is 1.54. The van der Waals surface area contributed by atoms with Gasteiger partial charge in [-0.25, -0.2) is 0 Å². The average Bonchev–Trinajstić information content (AvgIpc) is 2.72. The minimum atomic E-state index is -0.372. The topological polar surface area (TPSA) is 0 Å². The molecule has 0 aliphatic heterocycles. The Bertz CT molecular complexity index is 205. The summed E-state index contributed by atoms with van der Waals surface area (Å²) in [4.78, 5) is 0. The normalized spacial score (nSPS) is 57.0. The molecule has 4 atom stereocenters. The Morgan fingerprint density at radius 2 is 1.33 bits per heavy atom. The molecule has 0 unspecified atom stereocenters. The van der Waals surface area contributed by atoms with Crippen LogP contribution in [0.15, 0.2) is 0 Å². The number of halogens is 4. The standard InChI is InChI=1S/C8H8Br2Cl2/c9-7(10)3-1-5-6(2-4(3)7)8(5,11)12/h3-6H,1-2H2/t3-,4-,5-,6-/m1/s1. The summed E-state index contributed by atoms with van der Waals surface area (Å²) in [6, 6.07) is 0. The van der Waals surface area contributed by atoms with Crippen molar-refractivity contribution in [2.24, 2.45) is 23.7 Å². The zero-order chi connectivity index (χ0) is 8.72. The predicted octanol–water partition coefficient (Wildman–Crippen LogP) is 3.93. The summed E-state index contributed by atoms with van der Waals surface area (Å²) in [5.41, 5.74) is 0. The SMILES string of the molecule is ClC1(Cl)[C@@H]2C[C@@H]3[C@@H](C[C@H]21)C3(Br)Br. The van der Waals surface area contributed by atoms with Gasteiger partial charge < -0.3 is 0 Å². The maximum Gasteiger partial charge on any atom is 0.124 e. The summed E-state index contributed by atoms with van der Waals surface area (Å²) in [7, 11) is 0. The van der Waals surface area contributed by atoms with Crippen LogP contribution in [-0.2, 0) is 0 Å². The first-order valence-corrected chi connectivity index (χ1v) is 6.55. The fourth-order valence-corrected chi connectivity index (χ4v) is 5.35. The third kappa shape index (κ3) is 0.910. The fourth-order valence-electron chi connectivity index (χ4n) is 2.75. The first-order chi connectivity index (χ1) is 5.45. The molecule has 0 heterocycles. The van der Waals surface area contributed by atoms with Crippen molar-refractivity contribution in [3.8, 4) is 0 Å². The van der Waals surface area contributed by atoms with Crippen molar-refractivity contribution in [2.75, 3.05) is 0 Å². The quantitative estimate of drug-likeness (QED) is 0.589. The van der Waals surface area contributed by atoms with E-state index in [9.17, 15) is 0 Å². The maximum absolute atomic E-state index is 6.13. The van der Waals surface area contributed by atoms with Gasteiger partial charge in [0.15, 0.2) is 0 Å². The molecule has 12 heavy (non-hydrogen) atoms. The van der Waals surface area contributed by atoms with Gasteiger partial charge in [-0.05, 0) is 36.5 Å². The molecule has 3 aliphatic carbocycles. The van der Waals surface area contributed by atoms with E-state index < -0.39 is 0 Å². The summed E-state index contributed by atoms with van der Waals surface area (Å²) in [5.74, 6) is 2.66. The Kier molecular flexibility index (Phi) is 1.62. The molecule has 0 radical (unpaired) electrons. The molecule has 0 nitrogen and oxygen atoms in total. The van der Waals surface area contributed by atoms with E-state index in [-0.39, 0.29) is 7.57 Å². The van der Waals surface area contributed by atoms with Crippen molar-refractivity contribution in [3.05, 3.63) is 0 Å². The second-order valence-electron chi connectivity index (χ2n) is 4.25. The monoisotopic (exact) mass is 332 g/mol. The maximum atomic E-state index is 6.13. The molecule has 0 saturated heterocycles. The summed E-state index contributed by atoms with van der Waals surface area (Å²) in [6.07, 6.45) is 2.39. The predicted molar refractivity (Wildman–Crippen MR) is 58.2 cm³/mol. The molecule has 3 fully saturated rings. The molecule has 3 aliphatic rings. The highest BCUT2D eigenvalue weighted by Crippen LogP contribution is 2.78. The van der Waals surface area contributed by atoms with Crippen LogP contribution in [0.1, 0.15) is 12.8 Å². The highest BCUT2D eigenvalue weighted by atomic mass is 79.9. The van der Waals surface area contributed by atoms with Gasteiger partial charge in [0.25, 0.3) is 0 Å². The lowest BCUT2D eigenvalue weighted by Crippen LogP contribution is -1.95. The van der Waals surface area contributed by atoms with Gasteiger partial charge in [0.2, 0.25) is 0 Å². The summed E-state index contributed by atoms with van der Waals surface area (Å²) < 4.78 is -0.138. The van der Waals surface area contributed by atoms with Crippen LogP contribution in [0.3, 0.4) is 0 Å². The van der Waals surface area contributed by atoms with E-state index in [4.69, 9.17) is 23.2 Å². The van der Waals surface area contributed by atoms with E-state index in [1.54, 1.807) is 0 Å². The van der Waals surface area contributed by atoms with Gasteiger partial charge in [0, 0.05) is 0 Å². The molecule has 3 saturated carbocycles. The third-order valence-electron chi connectivity index (χ3n) is 3.75. The van der Waals surface area contributed by atoms with Crippen molar-refractivity contribution in [3.63, 3.8) is 0 Å². The number of rotatable bonds is 0. The highest BCUT2D eigenvalue weighted by molar-refractivity contribution is 9.25. The number of alkyl halides is 4. The molecular formula is C8H8Br2Cl2. The number of hydrogen-bond acceptors (Lipinski definition) is 0. The molecule has 0 N–H and O–H groups in total. The van der Waals surface area contributed by atoms with Gasteiger partial charge in [-0.2, -0.15) is 0 Å². The van der Waals surface area contributed by atoms with Crippen LogP contribution < -0.4 is 0 Å². The molecule has 0 bridgehead atoms. The zero-order valence-electron chi connectivity index (χ0n) is 6.24. The van der Waals surface area contributed by atoms with E-state index in [0.29, 0.717) is 11.8 Å². The first kappa shape index (κ1) is 8.82. The second-order valence-corrected chi connectivity index (χ2v) is 9.38. The van der Waals surface area contributed by atoms with Crippen LogP contribution >= 0.6 is 55.1 Å². The van der Waals surface area contributed by atoms with Gasteiger partial charge in [0.05, 0.1) is 3.23 Å². The molecule has 68 valence electrons. The van der Waals surface area contributed by atoms with Gasteiger partial charge in [-0.3, -0.25) is 0 Å². The minimum absolute atomic E-state index is 0.233. The van der Waals surface area contributed by atoms with E-state index in [0.717, 1.165) is 11.8 Å². The lowest BCUT2D eigenvalue weighted by atomic mass is 10.0. The fraction of sp³-hybridized carbons (Fsp3) is 1.00. The second kappa shape index (κ2) is 2.20. The van der Waals surface area contributed by atoms with Crippen molar-refractivity contribution in [1.29, 1.82) is 0 Å². The third-order valence-corrected chi connectivity index (χ3v) is 7.22. The van der Waals surface area contributed by atoms with E-state index in [1.165, 1.54) is 12.8 Å². The van der Waals surface area contributed by atoms with Crippen LogP contribution in [0.25, 0.3) is 0 Å². The lowest BCUT2D eigenvalue weighted by Gasteiger charge is -2.02. The van der Waals surface area contributed by atoms with Crippen LogP contribution in [-0.4, -0.2) is 7.57 Å². The Balaban J connectivity index is 1.80. The molecule has 0 aromatic heterocycles. The van der Waals surface area contributed by atoms with Crippen molar-refractivity contribution < 1.29 is 0 Å². The first-order valence-electron chi connectivity index (χ1n) is 4.21. The van der Waals surface area contributed by atoms with Crippen LogP contribution in [0.4, 0.5) is 0 Å². The average molecular weight is 335 g/mol. The largest absolute Gasteiger partial charge is 0.124 e. The van der Waals surface area contributed by atoms with Crippen molar-refractivity contribution >= 4 is 55.1 Å². The molecule has 4 heteroatoms. The molecule has 3 rings (SSSR count). The summed E-state index contributed by atoms with van der Waals surface area (Å²) >= 11 is 19.6.